The van der Waals surface area contributed by atoms with Gasteiger partial charge in [0.15, 0.2) is 5.78 Å². The van der Waals surface area contributed by atoms with Crippen LogP contribution in [0.15, 0.2) is 217 Å². The highest BCUT2D eigenvalue weighted by Gasteiger charge is 2.33. The van der Waals surface area contributed by atoms with Gasteiger partial charge in [0, 0.05) is 49.7 Å². The summed E-state index contributed by atoms with van der Waals surface area (Å²) >= 11 is 6.69. The smallest absolute Gasteiger partial charge is 0.179 e. The maximum atomic E-state index is 14.7. The molecule has 13 rings (SSSR count). The summed E-state index contributed by atoms with van der Waals surface area (Å²) in [6.45, 7) is 42.9. The molecule has 0 unspecified atom stereocenters. The number of rotatable bonds is 12. The van der Waals surface area contributed by atoms with Crippen LogP contribution in [0.3, 0.4) is 0 Å². The molecule has 0 radical (unpaired) electrons. The highest BCUT2D eigenvalue weighted by molar-refractivity contribution is 7.81. The molecule has 0 atom stereocenters. The molecule has 2 heterocycles. The number of hydrogen-bond donors (Lipinski definition) is 0. The summed E-state index contributed by atoms with van der Waals surface area (Å²) in [5, 5.41) is 0. The van der Waals surface area contributed by atoms with Crippen LogP contribution in [0.2, 0.25) is 0 Å². The third kappa shape index (κ3) is 18.5. The van der Waals surface area contributed by atoms with Crippen molar-refractivity contribution in [2.24, 2.45) is 0 Å². The zero-order valence-electron chi connectivity index (χ0n) is 68.4. The molecule has 8 heteroatoms. The van der Waals surface area contributed by atoms with Gasteiger partial charge in [-0.2, -0.15) is 0 Å². The lowest BCUT2D eigenvalue weighted by Gasteiger charge is -2.30. The quantitative estimate of drug-likeness (QED) is 0.112. The summed E-state index contributed by atoms with van der Waals surface area (Å²) < 4.78 is 45.7. The number of fused-ring (bicyclic) bond motifs is 10. The molecular formula is C102H112O7S. The summed E-state index contributed by atoms with van der Waals surface area (Å²) in [6.07, 6.45) is 6.01. The first-order chi connectivity index (χ1) is 52.0. The lowest BCUT2D eigenvalue weighted by atomic mass is 9.79. The number of carbonyl (C=O) groups is 1. The van der Waals surface area contributed by atoms with Crippen molar-refractivity contribution in [2.45, 2.75) is 222 Å². The van der Waals surface area contributed by atoms with Gasteiger partial charge in [-0.15, -0.1) is 0 Å². The van der Waals surface area contributed by atoms with Gasteiger partial charge in [-0.05, 0) is 167 Å². The zero-order chi connectivity index (χ0) is 78.2. The summed E-state index contributed by atoms with van der Waals surface area (Å²) in [6, 6.07) is 70.7. The standard InChI is InChI=1S/C102H112O7S/c1-97(2,3)83-45-69-39-70-46-84(98(4,5)6)50-74(91(70)105-60-66-33-25-20-26-34-66)42-79-55-88(102(16,17)18)56-80-44-76-52-86(100(10,11)12)48-72(93(76)107-62-68-37-29-22-30-38-68)40-71-47-85(99(7,8)9)51-75(92(71)106-61-67-35-27-21-28-36-67)43-78-54-87(101(13,14)15)53-77(41-73(49-83)90(69)104-59-65-31-23-19-24-32-65)94(78)108-63-81-57-89(103)58-82(96(81)110)64-109-95(79)80/h19-38,45-58H,39-44,59-64H2,1-18H3. The third-order valence-electron chi connectivity index (χ3n) is 21.8. The Morgan fingerprint density at radius 1 is 0.282 bits per heavy atom. The van der Waals surface area contributed by atoms with Crippen molar-refractivity contribution in [2.75, 3.05) is 13.2 Å². The molecule has 110 heavy (non-hydrogen) atoms. The first kappa shape index (κ1) is 78.4. The van der Waals surface area contributed by atoms with Gasteiger partial charge >= 0.3 is 0 Å². The zero-order valence-corrected chi connectivity index (χ0v) is 69.2. The van der Waals surface area contributed by atoms with Crippen LogP contribution >= 0.6 is 12.2 Å². The van der Waals surface area contributed by atoms with Crippen LogP contribution in [-0.2, 0) is 102 Å². The number of ketones is 1. The fraction of sp³-hybridized carbons (Fsp3) is 0.353. The van der Waals surface area contributed by atoms with Gasteiger partial charge in [0.05, 0.1) is 4.86 Å². The van der Waals surface area contributed by atoms with Crippen LogP contribution in [-0.4, -0.2) is 23.9 Å². The van der Waals surface area contributed by atoms with Gasteiger partial charge in [0.1, 0.15) is 74.1 Å². The predicted octanol–water partition coefficient (Wildman–Crippen LogP) is 24.2. The minimum Gasteiger partial charge on any atom is -0.488 e. The maximum absolute atomic E-state index is 14.7. The van der Waals surface area contributed by atoms with Crippen molar-refractivity contribution < 1.29 is 33.2 Å². The lowest BCUT2D eigenvalue weighted by Crippen LogP contribution is -2.23. The Bertz CT molecular complexity index is 4540. The van der Waals surface area contributed by atoms with Crippen molar-refractivity contribution in [1.82, 2.24) is 0 Å². The van der Waals surface area contributed by atoms with E-state index in [0.717, 1.165) is 123 Å². The number of hydrogen-bond acceptors (Lipinski definition) is 8. The van der Waals surface area contributed by atoms with Gasteiger partial charge in [-0.1, -0.05) is 331 Å². The van der Waals surface area contributed by atoms with Crippen LogP contribution in [0.1, 0.15) is 247 Å². The highest BCUT2D eigenvalue weighted by atomic mass is 32.1. The van der Waals surface area contributed by atoms with E-state index in [0.29, 0.717) is 92.5 Å². The molecular weight excluding hydrogens is 1370 g/mol. The Kier molecular flexibility index (Phi) is 22.5. The molecule has 0 saturated carbocycles. The third-order valence-corrected chi connectivity index (χ3v) is 22.3. The predicted molar refractivity (Wildman–Crippen MR) is 456 cm³/mol. The van der Waals surface area contributed by atoms with Gasteiger partial charge in [-0.25, -0.2) is 0 Å². The van der Waals surface area contributed by atoms with Crippen molar-refractivity contribution >= 4 is 22.9 Å². The molecule has 12 bridgehead atoms. The van der Waals surface area contributed by atoms with Crippen LogP contribution in [0.4, 0.5) is 0 Å². The fourth-order valence-electron chi connectivity index (χ4n) is 15.2. The van der Waals surface area contributed by atoms with Gasteiger partial charge in [0.25, 0.3) is 0 Å². The number of thiocarbonyl (C=S) groups is 1. The second-order valence-electron chi connectivity index (χ2n) is 37.0. The molecule has 2 aliphatic heterocycles. The van der Waals surface area contributed by atoms with Crippen molar-refractivity contribution in [3.05, 3.63) is 340 Å². The van der Waals surface area contributed by atoms with Gasteiger partial charge in [0.2, 0.25) is 0 Å². The van der Waals surface area contributed by atoms with Crippen molar-refractivity contribution in [3.8, 4) is 34.5 Å². The average molecular weight is 1480 g/mol. The SMILES string of the molecule is CC(C)(C)c1cc2c3c(c1)Cc1cc(C(C)(C)C)cc(c1OCc1ccccc1)Cc1cc(C(C)(C)C)cc(c1OCc1ccccc1)Cc1cc(C(C)(C)C)cc(c1OCC1=CC(=O)C=C(CO3)C1=S)Cc1cc(C(C)(C)C)cc(c1OCc1ccccc1)Cc1cc(C(C)(C)C)cc(c1OCc1ccccc1)C2. The fourth-order valence-corrected chi connectivity index (χ4v) is 15.4. The summed E-state index contributed by atoms with van der Waals surface area (Å²) in [5.41, 5.74) is 22.8. The normalized spacial score (nSPS) is 14.4. The molecule has 1 aliphatic carbocycles. The number of ether oxygens (including phenoxy) is 6. The van der Waals surface area contributed by atoms with E-state index in [1.165, 1.54) is 22.3 Å². The Balaban J connectivity index is 1.21. The molecule has 0 saturated heterocycles. The van der Waals surface area contributed by atoms with Crippen LogP contribution < -0.4 is 28.4 Å². The second-order valence-corrected chi connectivity index (χ2v) is 37.5. The van der Waals surface area contributed by atoms with Gasteiger partial charge < -0.3 is 28.4 Å². The Labute approximate surface area is 661 Å². The van der Waals surface area contributed by atoms with E-state index in [4.69, 9.17) is 40.6 Å². The summed E-state index contributed by atoms with van der Waals surface area (Å²) in [7, 11) is 0. The number of allylic oxidation sites excluding steroid dienone is 2. The van der Waals surface area contributed by atoms with E-state index >= 15 is 0 Å². The molecule has 568 valence electrons. The first-order valence-electron chi connectivity index (χ1n) is 39.5. The Morgan fingerprint density at radius 3 is 0.655 bits per heavy atom. The average Bonchev–Trinajstić information content (AvgIpc) is 0.770. The second kappa shape index (κ2) is 31.5. The summed E-state index contributed by atoms with van der Waals surface area (Å²) in [5.74, 6) is 4.51. The molecule has 0 fully saturated rings. The molecule has 10 aromatic carbocycles. The molecule has 0 N–H and O–H groups in total. The van der Waals surface area contributed by atoms with Crippen LogP contribution in [0.5, 0.6) is 34.5 Å². The van der Waals surface area contributed by atoms with E-state index in [2.05, 4.69) is 319 Å². The Hall–Kier alpha value is -9.76. The van der Waals surface area contributed by atoms with E-state index in [1.54, 1.807) is 12.2 Å². The van der Waals surface area contributed by atoms with E-state index in [-0.39, 0.29) is 51.5 Å². The van der Waals surface area contributed by atoms with Crippen LogP contribution in [0.25, 0.3) is 0 Å². The molecule has 0 spiro atoms. The highest BCUT2D eigenvalue weighted by Crippen LogP contribution is 2.48. The maximum Gasteiger partial charge on any atom is 0.179 e. The monoisotopic (exact) mass is 1480 g/mol. The Morgan fingerprint density at radius 2 is 0.464 bits per heavy atom. The van der Waals surface area contributed by atoms with Crippen molar-refractivity contribution in [1.29, 1.82) is 0 Å². The van der Waals surface area contributed by atoms with E-state index in [9.17, 15) is 4.79 Å². The molecule has 7 nitrogen and oxygen atoms in total. The number of carbonyl (C=O) groups excluding carboxylic acids is 1. The minimum atomic E-state index is -0.335. The minimum absolute atomic E-state index is 0.0237. The molecule has 0 aromatic heterocycles. The largest absolute Gasteiger partial charge is 0.488 e. The van der Waals surface area contributed by atoms with Crippen molar-refractivity contribution in [3.63, 3.8) is 0 Å². The lowest BCUT2D eigenvalue weighted by molar-refractivity contribution is -0.110. The summed E-state index contributed by atoms with van der Waals surface area (Å²) in [4.78, 5) is 15.3. The van der Waals surface area contributed by atoms with Gasteiger partial charge in [-0.3, -0.25) is 4.79 Å². The topological polar surface area (TPSA) is 72.5 Å². The molecule has 0 amide bonds. The van der Waals surface area contributed by atoms with Crippen LogP contribution in [0, 0.1) is 0 Å². The van der Waals surface area contributed by atoms with E-state index in [1.807, 2.05) is 0 Å². The number of benzene rings is 10. The molecule has 3 aliphatic rings. The molecule has 10 aromatic rings. The van der Waals surface area contributed by atoms with E-state index < -0.39 is 0 Å². The first-order valence-corrected chi connectivity index (χ1v) is 39.9.